The lowest BCUT2D eigenvalue weighted by atomic mass is 10.0. The minimum Gasteiger partial charge on any atom is -0.426 e. The Morgan fingerprint density at radius 3 is 1.76 bits per heavy atom. The fourth-order valence-corrected chi connectivity index (χ4v) is 2.00. The number of ether oxygens (including phenoxy) is 2. The lowest BCUT2D eigenvalue weighted by Gasteiger charge is -2.11. The third kappa shape index (κ3) is 3.25. The summed E-state index contributed by atoms with van der Waals surface area (Å²) in [4.78, 5) is 33.8. The van der Waals surface area contributed by atoms with Crippen LogP contribution in [-0.2, 0) is 9.59 Å². The molecule has 0 amide bonds. The fraction of sp³-hybridized carbons (Fsp3) is 0.188. The Kier molecular flexibility index (Phi) is 4.03. The molecular formula is C16H14O5. The summed E-state index contributed by atoms with van der Waals surface area (Å²) in [7, 11) is 0. The Balaban J connectivity index is 2.68. The number of Topliss-reactive ketones (excluding diaryl/α,β-unsaturated/α-hetero) is 1. The smallest absolute Gasteiger partial charge is 0.308 e. The second-order valence-corrected chi connectivity index (χ2v) is 4.57. The highest BCUT2D eigenvalue weighted by molar-refractivity contribution is 6.02. The predicted octanol–water partition coefficient (Wildman–Crippen LogP) is 2.89. The van der Waals surface area contributed by atoms with Gasteiger partial charge in [0, 0.05) is 30.2 Å². The average molecular weight is 286 g/mol. The van der Waals surface area contributed by atoms with Crippen LogP contribution in [-0.4, -0.2) is 17.7 Å². The number of carbonyl (C=O) groups excluding carboxylic acids is 3. The SMILES string of the molecule is CC(=O)Oc1ccc(OC(C)=O)c2cc(C(C)=O)ccc12. The highest BCUT2D eigenvalue weighted by Crippen LogP contribution is 2.34. The fourth-order valence-electron chi connectivity index (χ4n) is 2.00. The summed E-state index contributed by atoms with van der Waals surface area (Å²) in [5.41, 5.74) is 0.482. The van der Waals surface area contributed by atoms with E-state index in [9.17, 15) is 14.4 Å². The molecule has 0 saturated carbocycles. The van der Waals surface area contributed by atoms with Crippen molar-refractivity contribution in [1.29, 1.82) is 0 Å². The average Bonchev–Trinajstić information content (AvgIpc) is 2.40. The Morgan fingerprint density at radius 2 is 1.29 bits per heavy atom. The van der Waals surface area contributed by atoms with Crippen molar-refractivity contribution in [2.45, 2.75) is 20.8 Å². The van der Waals surface area contributed by atoms with Crippen molar-refractivity contribution < 1.29 is 23.9 Å². The van der Waals surface area contributed by atoms with Crippen LogP contribution < -0.4 is 9.47 Å². The van der Waals surface area contributed by atoms with Gasteiger partial charge in [0.05, 0.1) is 0 Å². The largest absolute Gasteiger partial charge is 0.426 e. The van der Waals surface area contributed by atoms with Crippen molar-refractivity contribution in [3.05, 3.63) is 35.9 Å². The molecule has 0 aliphatic carbocycles. The molecule has 0 aliphatic heterocycles. The van der Waals surface area contributed by atoms with Gasteiger partial charge in [-0.2, -0.15) is 0 Å². The molecule has 2 aromatic carbocycles. The molecule has 2 aromatic rings. The lowest BCUT2D eigenvalue weighted by molar-refractivity contribution is -0.132. The van der Waals surface area contributed by atoms with Crippen LogP contribution in [0.2, 0.25) is 0 Å². The van der Waals surface area contributed by atoms with Crippen molar-refractivity contribution in [2.75, 3.05) is 0 Å². The highest BCUT2D eigenvalue weighted by Gasteiger charge is 2.13. The number of carbonyl (C=O) groups is 3. The van der Waals surface area contributed by atoms with E-state index < -0.39 is 11.9 Å². The Hall–Kier alpha value is -2.69. The zero-order valence-corrected chi connectivity index (χ0v) is 11.9. The van der Waals surface area contributed by atoms with Gasteiger partial charge < -0.3 is 9.47 Å². The summed E-state index contributed by atoms with van der Waals surface area (Å²) >= 11 is 0. The third-order valence-electron chi connectivity index (χ3n) is 2.85. The summed E-state index contributed by atoms with van der Waals surface area (Å²) in [6.07, 6.45) is 0. The van der Waals surface area contributed by atoms with E-state index in [1.54, 1.807) is 24.3 Å². The Morgan fingerprint density at radius 1 is 0.762 bits per heavy atom. The van der Waals surface area contributed by atoms with Crippen molar-refractivity contribution in [3.8, 4) is 11.5 Å². The topological polar surface area (TPSA) is 69.7 Å². The van der Waals surface area contributed by atoms with E-state index in [-0.39, 0.29) is 5.78 Å². The first-order valence-electron chi connectivity index (χ1n) is 6.33. The molecule has 0 heterocycles. The molecular weight excluding hydrogens is 272 g/mol. The number of fused-ring (bicyclic) bond motifs is 1. The van der Waals surface area contributed by atoms with Gasteiger partial charge in [-0.25, -0.2) is 0 Å². The van der Waals surface area contributed by atoms with Gasteiger partial charge in [-0.05, 0) is 31.2 Å². The second-order valence-electron chi connectivity index (χ2n) is 4.57. The van der Waals surface area contributed by atoms with Gasteiger partial charge in [-0.3, -0.25) is 14.4 Å². The molecule has 0 aliphatic rings. The van der Waals surface area contributed by atoms with Crippen LogP contribution >= 0.6 is 0 Å². The quantitative estimate of drug-likeness (QED) is 0.493. The molecule has 0 aromatic heterocycles. The van der Waals surface area contributed by atoms with Crippen LogP contribution in [0.15, 0.2) is 30.3 Å². The number of benzene rings is 2. The van der Waals surface area contributed by atoms with E-state index in [0.29, 0.717) is 27.8 Å². The van der Waals surface area contributed by atoms with E-state index in [4.69, 9.17) is 9.47 Å². The molecule has 0 N–H and O–H groups in total. The Labute approximate surface area is 121 Å². The molecule has 108 valence electrons. The molecule has 0 spiro atoms. The molecule has 0 fully saturated rings. The van der Waals surface area contributed by atoms with E-state index in [2.05, 4.69) is 0 Å². The number of hydrogen-bond donors (Lipinski definition) is 0. The molecule has 0 unspecified atom stereocenters. The third-order valence-corrected chi connectivity index (χ3v) is 2.85. The number of hydrogen-bond acceptors (Lipinski definition) is 5. The van der Waals surface area contributed by atoms with Gasteiger partial charge in [0.1, 0.15) is 11.5 Å². The summed E-state index contributed by atoms with van der Waals surface area (Å²) in [6.45, 7) is 4.04. The van der Waals surface area contributed by atoms with Crippen LogP contribution in [0, 0.1) is 0 Å². The zero-order valence-electron chi connectivity index (χ0n) is 11.9. The first-order chi connectivity index (χ1) is 9.88. The van der Waals surface area contributed by atoms with Crippen LogP contribution in [0.4, 0.5) is 0 Å². The van der Waals surface area contributed by atoms with Crippen molar-refractivity contribution in [3.63, 3.8) is 0 Å². The molecule has 0 bridgehead atoms. The number of esters is 2. The van der Waals surface area contributed by atoms with E-state index in [0.717, 1.165) is 0 Å². The van der Waals surface area contributed by atoms with Crippen LogP contribution in [0.1, 0.15) is 31.1 Å². The maximum absolute atomic E-state index is 11.5. The predicted molar refractivity (Wildman–Crippen MR) is 76.6 cm³/mol. The van der Waals surface area contributed by atoms with Crippen molar-refractivity contribution >= 4 is 28.5 Å². The molecule has 2 rings (SSSR count). The molecule has 0 saturated heterocycles. The summed E-state index contributed by atoms with van der Waals surface area (Å²) in [6, 6.07) is 8.00. The van der Waals surface area contributed by atoms with Crippen LogP contribution in [0.25, 0.3) is 10.8 Å². The summed E-state index contributed by atoms with van der Waals surface area (Å²) in [5, 5.41) is 1.13. The number of rotatable bonds is 3. The maximum Gasteiger partial charge on any atom is 0.308 e. The first-order valence-corrected chi connectivity index (χ1v) is 6.33. The van der Waals surface area contributed by atoms with Gasteiger partial charge in [0.15, 0.2) is 5.78 Å². The lowest BCUT2D eigenvalue weighted by Crippen LogP contribution is -2.05. The van der Waals surface area contributed by atoms with Gasteiger partial charge >= 0.3 is 11.9 Å². The standard InChI is InChI=1S/C16H14O5/c1-9(17)12-4-5-13-14(8-12)16(21-11(3)19)7-6-15(13)20-10(2)18/h4-8H,1-3H3. The first kappa shape index (κ1) is 14.7. The maximum atomic E-state index is 11.5. The molecule has 0 atom stereocenters. The highest BCUT2D eigenvalue weighted by atomic mass is 16.5. The molecule has 5 nitrogen and oxygen atoms in total. The van der Waals surface area contributed by atoms with Gasteiger partial charge in [0.25, 0.3) is 0 Å². The normalized spacial score (nSPS) is 10.2. The molecule has 21 heavy (non-hydrogen) atoms. The minimum absolute atomic E-state index is 0.108. The second kappa shape index (κ2) is 5.75. The monoisotopic (exact) mass is 286 g/mol. The van der Waals surface area contributed by atoms with Gasteiger partial charge in [0.2, 0.25) is 0 Å². The molecule has 5 heteroatoms. The molecule has 0 radical (unpaired) electrons. The summed E-state index contributed by atoms with van der Waals surface area (Å²) < 4.78 is 10.3. The van der Waals surface area contributed by atoms with Crippen LogP contribution in [0.5, 0.6) is 11.5 Å². The van der Waals surface area contributed by atoms with E-state index in [1.807, 2.05) is 0 Å². The minimum atomic E-state index is -0.468. The van der Waals surface area contributed by atoms with Crippen molar-refractivity contribution in [1.82, 2.24) is 0 Å². The Bertz CT molecular complexity index is 746. The van der Waals surface area contributed by atoms with Crippen LogP contribution in [0.3, 0.4) is 0 Å². The van der Waals surface area contributed by atoms with E-state index in [1.165, 1.54) is 26.8 Å². The van der Waals surface area contributed by atoms with Crippen molar-refractivity contribution in [2.24, 2.45) is 0 Å². The van der Waals surface area contributed by atoms with Gasteiger partial charge in [-0.1, -0.05) is 6.07 Å². The zero-order chi connectivity index (χ0) is 15.6. The summed E-state index contributed by atoms with van der Waals surface area (Å²) in [5.74, 6) is -0.361. The van der Waals surface area contributed by atoms with Gasteiger partial charge in [-0.15, -0.1) is 0 Å². The van der Waals surface area contributed by atoms with E-state index >= 15 is 0 Å². The number of ketones is 1.